The van der Waals surface area contributed by atoms with Crippen LogP contribution in [0.4, 0.5) is 0 Å². The van der Waals surface area contributed by atoms with Gasteiger partial charge in [-0.25, -0.2) is 9.97 Å². The molecule has 2 fully saturated rings. The van der Waals surface area contributed by atoms with Crippen molar-refractivity contribution in [3.63, 3.8) is 0 Å². The van der Waals surface area contributed by atoms with Crippen molar-refractivity contribution in [2.45, 2.75) is 32.2 Å². The molecule has 2 aromatic rings. The Kier molecular flexibility index (Phi) is 3.41. The highest BCUT2D eigenvalue weighted by atomic mass is 16.1. The largest absolute Gasteiger partial charge is 0.352 e. The Morgan fingerprint density at radius 2 is 2.27 bits per heavy atom. The summed E-state index contributed by atoms with van der Waals surface area (Å²) < 4.78 is 1.87. The third-order valence-electron chi connectivity index (χ3n) is 5.14. The van der Waals surface area contributed by atoms with E-state index in [0.717, 1.165) is 23.7 Å². The minimum absolute atomic E-state index is 0.215. The van der Waals surface area contributed by atoms with E-state index in [1.54, 1.807) is 18.7 Å². The zero-order valence-corrected chi connectivity index (χ0v) is 12.5. The van der Waals surface area contributed by atoms with Crippen LogP contribution in [0, 0.1) is 17.8 Å². The van der Waals surface area contributed by atoms with E-state index in [1.807, 2.05) is 22.9 Å². The molecule has 0 saturated heterocycles. The first kappa shape index (κ1) is 13.5. The second-order valence-electron chi connectivity index (χ2n) is 6.46. The highest BCUT2D eigenvalue weighted by Gasteiger charge is 2.42. The molecule has 2 aromatic heterocycles. The van der Waals surface area contributed by atoms with Crippen LogP contribution in [0.5, 0.6) is 0 Å². The quantitative estimate of drug-likeness (QED) is 0.942. The number of fused-ring (bicyclic) bond motifs is 2. The average Bonchev–Trinajstić information content (AvgIpc) is 3.29. The number of pyridine rings is 1. The maximum Gasteiger partial charge on any atom is 0.223 e. The van der Waals surface area contributed by atoms with Crippen molar-refractivity contribution in [3.8, 4) is 5.82 Å². The number of hydrogen-bond donors (Lipinski definition) is 1. The smallest absolute Gasteiger partial charge is 0.223 e. The third-order valence-corrected chi connectivity index (χ3v) is 5.14. The molecule has 5 heteroatoms. The monoisotopic (exact) mass is 296 g/mol. The second-order valence-corrected chi connectivity index (χ2v) is 6.46. The number of nitrogens with one attached hydrogen (secondary N) is 1. The number of carbonyl (C=O) groups excluding carboxylic acids is 1. The van der Waals surface area contributed by atoms with Crippen molar-refractivity contribution in [3.05, 3.63) is 42.6 Å². The number of imidazole rings is 1. The molecule has 4 rings (SSSR count). The SMILES string of the molecule is O=C(NCc1cccnc1-n1ccnc1)[C@H]1C[C@H]2CC[C@H]1C2. The molecule has 5 nitrogen and oxygen atoms in total. The molecule has 0 aliphatic heterocycles. The molecule has 2 heterocycles. The number of amides is 1. The van der Waals surface area contributed by atoms with Crippen LogP contribution < -0.4 is 5.32 Å². The maximum absolute atomic E-state index is 12.5. The van der Waals surface area contributed by atoms with Crippen LogP contribution in [-0.4, -0.2) is 20.4 Å². The summed E-state index contributed by atoms with van der Waals surface area (Å²) in [4.78, 5) is 20.9. The summed E-state index contributed by atoms with van der Waals surface area (Å²) in [5, 5.41) is 3.12. The van der Waals surface area contributed by atoms with Gasteiger partial charge in [-0.1, -0.05) is 12.5 Å². The Bertz CT molecular complexity index is 667. The van der Waals surface area contributed by atoms with Crippen LogP contribution in [0.3, 0.4) is 0 Å². The number of hydrogen-bond acceptors (Lipinski definition) is 3. The number of aromatic nitrogens is 3. The van der Waals surface area contributed by atoms with Gasteiger partial charge in [0.1, 0.15) is 12.1 Å². The Hall–Kier alpha value is -2.17. The highest BCUT2D eigenvalue weighted by Crippen LogP contribution is 2.48. The second kappa shape index (κ2) is 5.55. The molecular weight excluding hydrogens is 276 g/mol. The summed E-state index contributed by atoms with van der Waals surface area (Å²) in [6.07, 6.45) is 12.0. The van der Waals surface area contributed by atoms with Crippen LogP contribution in [-0.2, 0) is 11.3 Å². The van der Waals surface area contributed by atoms with Crippen molar-refractivity contribution < 1.29 is 4.79 Å². The standard InChI is InChI=1S/C17H20N4O/c22-17(15-9-12-3-4-13(15)8-12)20-10-14-2-1-5-19-16(14)21-7-6-18-11-21/h1-2,5-7,11-13,15H,3-4,8-10H2,(H,20,22)/t12-,13-,15-/m0/s1. The first-order chi connectivity index (χ1) is 10.8. The fourth-order valence-corrected chi connectivity index (χ4v) is 4.06. The topological polar surface area (TPSA) is 59.8 Å². The van der Waals surface area contributed by atoms with E-state index >= 15 is 0 Å². The first-order valence-electron chi connectivity index (χ1n) is 8.01. The van der Waals surface area contributed by atoms with E-state index in [2.05, 4.69) is 15.3 Å². The van der Waals surface area contributed by atoms with E-state index in [4.69, 9.17) is 0 Å². The summed E-state index contributed by atoms with van der Waals surface area (Å²) >= 11 is 0. The van der Waals surface area contributed by atoms with Gasteiger partial charge in [-0.2, -0.15) is 0 Å². The molecule has 2 saturated carbocycles. The molecule has 0 radical (unpaired) electrons. The van der Waals surface area contributed by atoms with Gasteiger partial charge in [0.05, 0.1) is 0 Å². The Balaban J connectivity index is 1.45. The summed E-state index contributed by atoms with van der Waals surface area (Å²) in [6, 6.07) is 3.91. The van der Waals surface area contributed by atoms with Crippen LogP contribution in [0.1, 0.15) is 31.2 Å². The van der Waals surface area contributed by atoms with Crippen LogP contribution in [0.2, 0.25) is 0 Å². The Morgan fingerprint density at radius 3 is 3.00 bits per heavy atom. The van der Waals surface area contributed by atoms with Gasteiger partial charge in [0.2, 0.25) is 5.91 Å². The van der Waals surface area contributed by atoms with Crippen LogP contribution in [0.25, 0.3) is 5.82 Å². The van der Waals surface area contributed by atoms with E-state index < -0.39 is 0 Å². The summed E-state index contributed by atoms with van der Waals surface area (Å²) in [5.74, 6) is 2.68. The lowest BCUT2D eigenvalue weighted by atomic mass is 9.88. The Morgan fingerprint density at radius 1 is 1.32 bits per heavy atom. The van der Waals surface area contributed by atoms with Gasteiger partial charge in [-0.3, -0.25) is 9.36 Å². The molecule has 114 valence electrons. The maximum atomic E-state index is 12.5. The molecule has 0 unspecified atom stereocenters. The molecule has 0 spiro atoms. The van der Waals surface area contributed by atoms with Gasteiger partial charge in [0.25, 0.3) is 0 Å². The fourth-order valence-electron chi connectivity index (χ4n) is 4.06. The van der Waals surface area contributed by atoms with Crippen molar-refractivity contribution in [1.82, 2.24) is 19.9 Å². The summed E-state index contributed by atoms with van der Waals surface area (Å²) in [5.41, 5.74) is 1.01. The van der Waals surface area contributed by atoms with Gasteiger partial charge >= 0.3 is 0 Å². The van der Waals surface area contributed by atoms with Crippen LogP contribution in [0.15, 0.2) is 37.1 Å². The molecule has 1 amide bonds. The average molecular weight is 296 g/mol. The normalized spacial score (nSPS) is 26.3. The first-order valence-corrected chi connectivity index (χ1v) is 8.01. The number of carbonyl (C=O) groups is 1. The minimum Gasteiger partial charge on any atom is -0.352 e. The van der Waals surface area contributed by atoms with Crippen LogP contribution >= 0.6 is 0 Å². The molecule has 2 aliphatic rings. The fraction of sp³-hybridized carbons (Fsp3) is 0.471. The lowest BCUT2D eigenvalue weighted by Gasteiger charge is -2.21. The van der Waals surface area contributed by atoms with Gasteiger partial charge < -0.3 is 5.32 Å². The highest BCUT2D eigenvalue weighted by molar-refractivity contribution is 5.79. The zero-order valence-electron chi connectivity index (χ0n) is 12.5. The van der Waals surface area contributed by atoms with E-state index in [9.17, 15) is 4.79 Å². The zero-order chi connectivity index (χ0) is 14.9. The van der Waals surface area contributed by atoms with Gasteiger partial charge in [0, 0.05) is 36.6 Å². The van der Waals surface area contributed by atoms with Gasteiger partial charge in [-0.05, 0) is 37.2 Å². The van der Waals surface area contributed by atoms with Gasteiger partial charge in [-0.15, -0.1) is 0 Å². The van der Waals surface area contributed by atoms with Crippen molar-refractivity contribution in [2.75, 3.05) is 0 Å². The van der Waals surface area contributed by atoms with Crippen molar-refractivity contribution in [1.29, 1.82) is 0 Å². The lowest BCUT2D eigenvalue weighted by Crippen LogP contribution is -2.33. The van der Waals surface area contributed by atoms with E-state index in [1.165, 1.54) is 19.3 Å². The molecular formula is C17H20N4O. The van der Waals surface area contributed by atoms with E-state index in [-0.39, 0.29) is 11.8 Å². The van der Waals surface area contributed by atoms with Crippen molar-refractivity contribution >= 4 is 5.91 Å². The number of nitrogens with zero attached hydrogens (tertiary/aromatic N) is 3. The summed E-state index contributed by atoms with van der Waals surface area (Å²) in [7, 11) is 0. The lowest BCUT2D eigenvalue weighted by molar-refractivity contribution is -0.126. The Labute approximate surface area is 129 Å². The minimum atomic E-state index is 0.215. The molecule has 22 heavy (non-hydrogen) atoms. The molecule has 2 bridgehead atoms. The predicted molar refractivity (Wildman–Crippen MR) is 82.1 cm³/mol. The predicted octanol–water partition coefficient (Wildman–Crippen LogP) is 2.32. The van der Waals surface area contributed by atoms with Crippen molar-refractivity contribution in [2.24, 2.45) is 17.8 Å². The number of rotatable bonds is 4. The van der Waals surface area contributed by atoms with E-state index in [0.29, 0.717) is 12.5 Å². The molecule has 1 N–H and O–H groups in total. The molecule has 0 aromatic carbocycles. The van der Waals surface area contributed by atoms with Gasteiger partial charge in [0.15, 0.2) is 0 Å². The third kappa shape index (κ3) is 2.40. The molecule has 2 aliphatic carbocycles. The molecule has 3 atom stereocenters. The summed E-state index contributed by atoms with van der Waals surface area (Å²) in [6.45, 7) is 0.522.